The molecule has 2 aromatic heterocycles. The van der Waals surface area contributed by atoms with Crippen molar-refractivity contribution in [2.75, 3.05) is 11.9 Å². The van der Waals surface area contributed by atoms with Gasteiger partial charge in [0.15, 0.2) is 5.82 Å². The van der Waals surface area contributed by atoms with Crippen LogP contribution in [0.1, 0.15) is 33.4 Å². The first-order valence-corrected chi connectivity index (χ1v) is 7.73. The van der Waals surface area contributed by atoms with Crippen LogP contribution in [0.2, 0.25) is 0 Å². The molecule has 0 atom stereocenters. The van der Waals surface area contributed by atoms with Gasteiger partial charge in [0, 0.05) is 29.9 Å². The van der Waals surface area contributed by atoms with Crippen molar-refractivity contribution in [1.29, 1.82) is 0 Å². The zero-order valence-electron chi connectivity index (χ0n) is 12.2. The molecule has 20 heavy (non-hydrogen) atoms. The second kappa shape index (κ2) is 6.03. The Morgan fingerprint density at radius 3 is 2.55 bits per heavy atom. The van der Waals surface area contributed by atoms with E-state index in [4.69, 9.17) is 4.98 Å². The van der Waals surface area contributed by atoms with Gasteiger partial charge in [-0.3, -0.25) is 4.98 Å². The number of hydrogen-bond donors (Lipinski definition) is 1. The summed E-state index contributed by atoms with van der Waals surface area (Å²) < 4.78 is 1.09. The maximum absolute atomic E-state index is 4.76. The summed E-state index contributed by atoms with van der Waals surface area (Å²) >= 11 is 2.32. The highest BCUT2D eigenvalue weighted by molar-refractivity contribution is 14.1. The van der Waals surface area contributed by atoms with Crippen molar-refractivity contribution >= 4 is 28.4 Å². The Morgan fingerprint density at radius 2 is 2.00 bits per heavy atom. The monoisotopic (exact) mass is 382 g/mol. The van der Waals surface area contributed by atoms with Gasteiger partial charge in [0.05, 0.1) is 9.26 Å². The van der Waals surface area contributed by atoms with Gasteiger partial charge in [0.25, 0.3) is 0 Å². The third-order valence-corrected chi connectivity index (χ3v) is 3.85. The molecule has 0 aliphatic carbocycles. The Labute approximate surface area is 133 Å². The van der Waals surface area contributed by atoms with Crippen LogP contribution < -0.4 is 5.32 Å². The van der Waals surface area contributed by atoms with Gasteiger partial charge in [-0.15, -0.1) is 0 Å². The van der Waals surface area contributed by atoms with Crippen LogP contribution in [0.3, 0.4) is 0 Å². The van der Waals surface area contributed by atoms with Gasteiger partial charge in [-0.25, -0.2) is 9.97 Å². The van der Waals surface area contributed by atoms with Gasteiger partial charge in [-0.2, -0.15) is 0 Å². The number of nitrogens with zero attached hydrogens (tertiary/aromatic N) is 3. The van der Waals surface area contributed by atoms with Crippen molar-refractivity contribution < 1.29 is 0 Å². The molecule has 0 aromatic carbocycles. The molecule has 106 valence electrons. The van der Waals surface area contributed by atoms with Crippen molar-refractivity contribution in [3.8, 4) is 11.4 Å². The van der Waals surface area contributed by atoms with Crippen LogP contribution in [0.25, 0.3) is 11.4 Å². The van der Waals surface area contributed by atoms with Crippen molar-refractivity contribution in [2.45, 2.75) is 33.1 Å². The predicted octanol–water partition coefficient (Wildman–Crippen LogP) is 3.87. The molecule has 0 aliphatic heterocycles. The highest BCUT2D eigenvalue weighted by atomic mass is 127. The zero-order valence-corrected chi connectivity index (χ0v) is 14.4. The predicted molar refractivity (Wildman–Crippen MR) is 90.8 cm³/mol. The second-order valence-electron chi connectivity index (χ2n) is 5.58. The van der Waals surface area contributed by atoms with Gasteiger partial charge in [-0.1, -0.05) is 20.8 Å². The molecule has 0 amide bonds. The van der Waals surface area contributed by atoms with E-state index >= 15 is 0 Å². The SMILES string of the molecule is CCNc1nc(-c2cccnc2)nc(C(C)(C)C)c1I. The molecule has 0 fully saturated rings. The van der Waals surface area contributed by atoms with E-state index < -0.39 is 0 Å². The molecule has 0 unspecified atom stereocenters. The summed E-state index contributed by atoms with van der Waals surface area (Å²) in [6.45, 7) is 9.41. The number of pyridine rings is 1. The number of anilines is 1. The largest absolute Gasteiger partial charge is 0.369 e. The maximum Gasteiger partial charge on any atom is 0.163 e. The topological polar surface area (TPSA) is 50.7 Å². The second-order valence-corrected chi connectivity index (χ2v) is 6.66. The Hall–Kier alpha value is -1.24. The third kappa shape index (κ3) is 3.26. The minimum atomic E-state index is -0.0272. The molecule has 2 heterocycles. The molecule has 0 radical (unpaired) electrons. The van der Waals surface area contributed by atoms with E-state index in [2.05, 4.69) is 65.6 Å². The van der Waals surface area contributed by atoms with Crippen molar-refractivity contribution in [3.63, 3.8) is 0 Å². The van der Waals surface area contributed by atoms with Crippen LogP contribution in [-0.4, -0.2) is 21.5 Å². The maximum atomic E-state index is 4.76. The molecule has 1 N–H and O–H groups in total. The van der Waals surface area contributed by atoms with E-state index in [9.17, 15) is 0 Å². The average molecular weight is 382 g/mol. The first-order valence-electron chi connectivity index (χ1n) is 6.65. The van der Waals surface area contributed by atoms with Gasteiger partial charge in [0.1, 0.15) is 5.82 Å². The van der Waals surface area contributed by atoms with Crippen molar-refractivity contribution in [2.24, 2.45) is 0 Å². The minimum absolute atomic E-state index is 0.0272. The van der Waals surface area contributed by atoms with Gasteiger partial charge >= 0.3 is 0 Å². The summed E-state index contributed by atoms with van der Waals surface area (Å²) in [6.07, 6.45) is 3.55. The Kier molecular flexibility index (Phi) is 4.57. The lowest BCUT2D eigenvalue weighted by Crippen LogP contribution is -2.19. The smallest absolute Gasteiger partial charge is 0.163 e. The van der Waals surface area contributed by atoms with Gasteiger partial charge in [0.2, 0.25) is 0 Å². The van der Waals surface area contributed by atoms with Crippen LogP contribution in [0, 0.1) is 3.57 Å². The molecule has 0 bridgehead atoms. The molecular formula is C15H19IN4. The number of rotatable bonds is 3. The number of nitrogens with one attached hydrogen (secondary N) is 1. The molecule has 4 nitrogen and oxygen atoms in total. The van der Waals surface area contributed by atoms with Crippen LogP contribution in [0.5, 0.6) is 0 Å². The fraction of sp³-hybridized carbons (Fsp3) is 0.400. The van der Waals surface area contributed by atoms with E-state index in [1.54, 1.807) is 12.4 Å². The van der Waals surface area contributed by atoms with E-state index in [0.717, 1.165) is 33.0 Å². The fourth-order valence-corrected chi connectivity index (χ4v) is 3.09. The average Bonchev–Trinajstić information content (AvgIpc) is 2.41. The highest BCUT2D eigenvalue weighted by Gasteiger charge is 2.23. The number of aromatic nitrogens is 3. The minimum Gasteiger partial charge on any atom is -0.369 e. The number of halogens is 1. The summed E-state index contributed by atoms with van der Waals surface area (Å²) in [5.74, 6) is 1.62. The Morgan fingerprint density at radius 1 is 1.25 bits per heavy atom. The van der Waals surface area contributed by atoms with Crippen LogP contribution in [0.4, 0.5) is 5.82 Å². The summed E-state index contributed by atoms with van der Waals surface area (Å²) in [5.41, 5.74) is 1.97. The summed E-state index contributed by atoms with van der Waals surface area (Å²) in [4.78, 5) is 13.5. The van der Waals surface area contributed by atoms with Crippen LogP contribution in [-0.2, 0) is 5.41 Å². The van der Waals surface area contributed by atoms with E-state index in [-0.39, 0.29) is 5.41 Å². The van der Waals surface area contributed by atoms with Crippen molar-refractivity contribution in [1.82, 2.24) is 15.0 Å². The summed E-state index contributed by atoms with van der Waals surface area (Å²) in [5, 5.41) is 3.32. The molecule has 2 rings (SSSR count). The first-order chi connectivity index (χ1) is 9.43. The van der Waals surface area contributed by atoms with Gasteiger partial charge in [-0.05, 0) is 41.6 Å². The quantitative estimate of drug-likeness (QED) is 0.819. The fourth-order valence-electron chi connectivity index (χ4n) is 1.85. The van der Waals surface area contributed by atoms with Crippen LogP contribution >= 0.6 is 22.6 Å². The third-order valence-electron chi connectivity index (χ3n) is 2.83. The van der Waals surface area contributed by atoms with Gasteiger partial charge < -0.3 is 5.32 Å². The van der Waals surface area contributed by atoms with E-state index in [0.29, 0.717) is 0 Å². The lowest BCUT2D eigenvalue weighted by molar-refractivity contribution is 0.564. The van der Waals surface area contributed by atoms with E-state index in [1.807, 2.05) is 12.1 Å². The highest BCUT2D eigenvalue weighted by Crippen LogP contribution is 2.31. The summed E-state index contributed by atoms with van der Waals surface area (Å²) in [7, 11) is 0. The lowest BCUT2D eigenvalue weighted by atomic mass is 9.91. The Bertz CT molecular complexity index is 591. The molecule has 5 heteroatoms. The summed E-state index contributed by atoms with van der Waals surface area (Å²) in [6, 6.07) is 3.89. The molecule has 0 saturated carbocycles. The normalized spacial score (nSPS) is 11.4. The van der Waals surface area contributed by atoms with Crippen LogP contribution in [0.15, 0.2) is 24.5 Å². The standard InChI is InChI=1S/C15H19IN4/c1-5-18-14-11(16)12(15(2,3)4)19-13(20-14)10-7-6-8-17-9-10/h6-9H,5H2,1-4H3,(H,18,19,20). The molecule has 2 aromatic rings. The Balaban J connectivity index is 2.62. The molecule has 0 saturated heterocycles. The molecule has 0 spiro atoms. The lowest BCUT2D eigenvalue weighted by Gasteiger charge is -2.22. The van der Waals surface area contributed by atoms with E-state index in [1.165, 1.54) is 0 Å². The number of hydrogen-bond acceptors (Lipinski definition) is 4. The molecular weight excluding hydrogens is 363 g/mol. The zero-order chi connectivity index (χ0) is 14.8. The first kappa shape index (κ1) is 15.2. The molecule has 0 aliphatic rings. The van der Waals surface area contributed by atoms with Crippen molar-refractivity contribution in [3.05, 3.63) is 33.8 Å².